The van der Waals surface area contributed by atoms with Crippen molar-refractivity contribution in [2.75, 3.05) is 6.54 Å². The number of carbonyl (C=O) groups excluding carboxylic acids is 1. The third-order valence-electron chi connectivity index (χ3n) is 4.90. The zero-order chi connectivity index (χ0) is 13.6. The van der Waals surface area contributed by atoms with Crippen molar-refractivity contribution in [2.45, 2.75) is 82.7 Å². The van der Waals surface area contributed by atoms with Gasteiger partial charge in [0, 0.05) is 13.0 Å². The Morgan fingerprint density at radius 2 is 1.68 bits per heavy atom. The van der Waals surface area contributed by atoms with Crippen LogP contribution in [0.25, 0.3) is 0 Å². The molecule has 110 valence electrons. The van der Waals surface area contributed by atoms with Crippen LogP contribution in [0.1, 0.15) is 77.0 Å². The third-order valence-corrected chi connectivity index (χ3v) is 4.90. The molecule has 3 nitrogen and oxygen atoms in total. The number of amides is 1. The summed E-state index contributed by atoms with van der Waals surface area (Å²) in [6.45, 7) is 0.455. The second-order valence-electron chi connectivity index (χ2n) is 6.60. The van der Waals surface area contributed by atoms with Gasteiger partial charge >= 0.3 is 0 Å². The van der Waals surface area contributed by atoms with Crippen molar-refractivity contribution in [1.29, 1.82) is 0 Å². The highest BCUT2D eigenvalue weighted by Crippen LogP contribution is 2.28. The summed E-state index contributed by atoms with van der Waals surface area (Å²) < 4.78 is 0. The van der Waals surface area contributed by atoms with E-state index in [1.807, 2.05) is 0 Å². The fourth-order valence-corrected chi connectivity index (χ4v) is 3.55. The van der Waals surface area contributed by atoms with Crippen LogP contribution >= 0.6 is 0 Å². The minimum absolute atomic E-state index is 0.129. The maximum Gasteiger partial charge on any atom is 0.220 e. The molecule has 0 aromatic rings. The van der Waals surface area contributed by atoms with Crippen molar-refractivity contribution in [3.63, 3.8) is 0 Å². The van der Waals surface area contributed by atoms with Crippen LogP contribution in [0.5, 0.6) is 0 Å². The summed E-state index contributed by atoms with van der Waals surface area (Å²) in [5, 5.41) is 13.3. The molecule has 2 saturated carbocycles. The lowest BCUT2D eigenvalue weighted by Gasteiger charge is -2.32. The molecule has 0 heterocycles. The second-order valence-corrected chi connectivity index (χ2v) is 6.60. The van der Waals surface area contributed by atoms with Crippen molar-refractivity contribution in [2.24, 2.45) is 5.92 Å². The predicted octanol–water partition coefficient (Wildman–Crippen LogP) is 3.16. The molecule has 0 aromatic heterocycles. The van der Waals surface area contributed by atoms with Crippen molar-refractivity contribution in [1.82, 2.24) is 5.32 Å². The summed E-state index contributed by atoms with van der Waals surface area (Å²) in [5.41, 5.74) is -0.626. The van der Waals surface area contributed by atoms with Gasteiger partial charge in [0.2, 0.25) is 5.91 Å². The standard InChI is InChI=1S/C16H29NO2/c18-15(10-9-14-7-3-1-4-8-14)17-13-16(19)11-5-2-6-12-16/h14,19H,1-13H2,(H,17,18). The topological polar surface area (TPSA) is 49.3 Å². The molecule has 2 aliphatic carbocycles. The molecule has 0 bridgehead atoms. The number of hydrogen-bond donors (Lipinski definition) is 2. The Hall–Kier alpha value is -0.570. The van der Waals surface area contributed by atoms with E-state index in [9.17, 15) is 9.90 Å². The van der Waals surface area contributed by atoms with Crippen LogP contribution in [0, 0.1) is 5.92 Å². The van der Waals surface area contributed by atoms with E-state index in [4.69, 9.17) is 0 Å². The minimum Gasteiger partial charge on any atom is -0.388 e. The summed E-state index contributed by atoms with van der Waals surface area (Å²) in [5.74, 6) is 0.891. The molecule has 0 radical (unpaired) electrons. The fraction of sp³-hybridized carbons (Fsp3) is 0.938. The summed E-state index contributed by atoms with van der Waals surface area (Å²) in [7, 11) is 0. The van der Waals surface area contributed by atoms with E-state index in [0.29, 0.717) is 13.0 Å². The Morgan fingerprint density at radius 1 is 1.05 bits per heavy atom. The molecule has 0 saturated heterocycles. The molecule has 0 aliphatic heterocycles. The average molecular weight is 267 g/mol. The summed E-state index contributed by atoms with van der Waals surface area (Å²) in [6.07, 6.45) is 13.4. The van der Waals surface area contributed by atoms with E-state index in [-0.39, 0.29) is 5.91 Å². The second kappa shape index (κ2) is 7.28. The van der Waals surface area contributed by atoms with Crippen LogP contribution in [-0.4, -0.2) is 23.2 Å². The first-order chi connectivity index (χ1) is 9.18. The molecule has 2 N–H and O–H groups in total. The average Bonchev–Trinajstić information content (AvgIpc) is 2.45. The molecular formula is C16H29NO2. The first kappa shape index (κ1) is 14.8. The van der Waals surface area contributed by atoms with E-state index in [1.165, 1.54) is 38.5 Å². The lowest BCUT2D eigenvalue weighted by Crippen LogP contribution is -2.44. The maximum atomic E-state index is 11.8. The normalized spacial score (nSPS) is 24.1. The smallest absolute Gasteiger partial charge is 0.220 e. The van der Waals surface area contributed by atoms with Crippen LogP contribution in [0.4, 0.5) is 0 Å². The largest absolute Gasteiger partial charge is 0.388 e. The van der Waals surface area contributed by atoms with Gasteiger partial charge in [0.1, 0.15) is 0 Å². The SMILES string of the molecule is O=C(CCC1CCCCC1)NCC1(O)CCCCC1. The number of hydrogen-bond acceptors (Lipinski definition) is 2. The van der Waals surface area contributed by atoms with Gasteiger partial charge < -0.3 is 10.4 Å². The van der Waals surface area contributed by atoms with E-state index >= 15 is 0 Å². The number of rotatable bonds is 5. The van der Waals surface area contributed by atoms with Gasteiger partial charge in [-0.25, -0.2) is 0 Å². The first-order valence-electron chi connectivity index (χ1n) is 8.17. The highest BCUT2D eigenvalue weighted by atomic mass is 16.3. The molecule has 0 aromatic carbocycles. The van der Waals surface area contributed by atoms with Crippen LogP contribution in [0.15, 0.2) is 0 Å². The van der Waals surface area contributed by atoms with E-state index in [1.54, 1.807) is 0 Å². The molecule has 2 aliphatic rings. The number of aliphatic hydroxyl groups is 1. The maximum absolute atomic E-state index is 11.8. The van der Waals surface area contributed by atoms with Crippen LogP contribution in [0.2, 0.25) is 0 Å². The molecule has 1 amide bonds. The quantitative estimate of drug-likeness (QED) is 0.804. The molecule has 0 atom stereocenters. The van der Waals surface area contributed by atoms with Gasteiger partial charge in [0.25, 0.3) is 0 Å². The van der Waals surface area contributed by atoms with Crippen molar-refractivity contribution in [3.8, 4) is 0 Å². The van der Waals surface area contributed by atoms with Crippen molar-refractivity contribution in [3.05, 3.63) is 0 Å². The summed E-state index contributed by atoms with van der Waals surface area (Å²) in [6, 6.07) is 0. The molecule has 0 unspecified atom stereocenters. The molecular weight excluding hydrogens is 238 g/mol. The summed E-state index contributed by atoms with van der Waals surface area (Å²) >= 11 is 0. The van der Waals surface area contributed by atoms with Gasteiger partial charge in [0.15, 0.2) is 0 Å². The Labute approximate surface area is 117 Å². The zero-order valence-electron chi connectivity index (χ0n) is 12.1. The van der Waals surface area contributed by atoms with Crippen LogP contribution in [0.3, 0.4) is 0 Å². The third kappa shape index (κ3) is 5.13. The molecule has 2 fully saturated rings. The molecule has 0 spiro atoms. The molecule has 3 heteroatoms. The minimum atomic E-state index is -0.626. The predicted molar refractivity (Wildman–Crippen MR) is 76.9 cm³/mol. The monoisotopic (exact) mass is 267 g/mol. The Bertz CT molecular complexity index is 278. The van der Waals surface area contributed by atoms with Gasteiger partial charge in [-0.2, -0.15) is 0 Å². The summed E-state index contributed by atoms with van der Waals surface area (Å²) in [4.78, 5) is 11.8. The van der Waals surface area contributed by atoms with Crippen molar-refractivity contribution < 1.29 is 9.90 Å². The number of nitrogens with one attached hydrogen (secondary N) is 1. The number of carbonyl (C=O) groups is 1. The van der Waals surface area contributed by atoms with Gasteiger partial charge in [-0.1, -0.05) is 51.4 Å². The van der Waals surface area contributed by atoms with Gasteiger partial charge in [0.05, 0.1) is 5.60 Å². The van der Waals surface area contributed by atoms with Crippen LogP contribution < -0.4 is 5.32 Å². The highest BCUT2D eigenvalue weighted by molar-refractivity contribution is 5.75. The molecule has 19 heavy (non-hydrogen) atoms. The lowest BCUT2D eigenvalue weighted by atomic mass is 9.84. The Kier molecular flexibility index (Phi) is 5.68. The fourth-order valence-electron chi connectivity index (χ4n) is 3.55. The first-order valence-corrected chi connectivity index (χ1v) is 8.17. The molecule has 2 rings (SSSR count). The van der Waals surface area contributed by atoms with E-state index in [2.05, 4.69) is 5.32 Å². The van der Waals surface area contributed by atoms with E-state index < -0.39 is 5.60 Å². The Balaban J connectivity index is 1.61. The van der Waals surface area contributed by atoms with Gasteiger partial charge in [-0.05, 0) is 25.2 Å². The van der Waals surface area contributed by atoms with Crippen LogP contribution in [-0.2, 0) is 4.79 Å². The van der Waals surface area contributed by atoms with Gasteiger partial charge in [-0.15, -0.1) is 0 Å². The Morgan fingerprint density at radius 3 is 2.37 bits per heavy atom. The zero-order valence-corrected chi connectivity index (χ0v) is 12.1. The lowest BCUT2D eigenvalue weighted by molar-refractivity contribution is -0.123. The van der Waals surface area contributed by atoms with Gasteiger partial charge in [-0.3, -0.25) is 4.79 Å². The van der Waals surface area contributed by atoms with Crippen molar-refractivity contribution >= 4 is 5.91 Å². The highest BCUT2D eigenvalue weighted by Gasteiger charge is 2.29. The van der Waals surface area contributed by atoms with E-state index in [0.717, 1.165) is 38.0 Å².